The van der Waals surface area contributed by atoms with Crippen LogP contribution in [0.4, 0.5) is 4.79 Å². The first-order valence-corrected chi connectivity index (χ1v) is 9.93. The van der Waals surface area contributed by atoms with Crippen molar-refractivity contribution in [2.75, 3.05) is 25.4 Å². The summed E-state index contributed by atoms with van der Waals surface area (Å²) in [5.41, 5.74) is 0.717. The number of carbonyl (C=O) groups excluding carboxylic acids is 5. The van der Waals surface area contributed by atoms with E-state index in [1.807, 2.05) is 0 Å². The fraction of sp³-hybridized carbons (Fsp3) is 0.316. The van der Waals surface area contributed by atoms with Crippen molar-refractivity contribution < 1.29 is 28.7 Å². The van der Waals surface area contributed by atoms with E-state index in [0.717, 1.165) is 15.4 Å². The maximum absolute atomic E-state index is 12.6. The fourth-order valence-electron chi connectivity index (χ4n) is 2.91. The van der Waals surface area contributed by atoms with Crippen LogP contribution in [-0.4, -0.2) is 69.9 Å². The third-order valence-electron chi connectivity index (χ3n) is 4.30. The van der Waals surface area contributed by atoms with Crippen molar-refractivity contribution >= 4 is 41.5 Å². The Labute approximate surface area is 171 Å². The monoisotopic (exact) mass is 417 g/mol. The van der Waals surface area contributed by atoms with Crippen molar-refractivity contribution in [1.82, 2.24) is 14.7 Å². The number of hydrogen-bond donors (Lipinski definition) is 0. The number of carbonyl (C=O) groups is 5. The lowest BCUT2D eigenvalue weighted by Gasteiger charge is -2.20. The summed E-state index contributed by atoms with van der Waals surface area (Å²) in [6.45, 7) is 1.71. The molecule has 5 amide bonds. The fourth-order valence-corrected chi connectivity index (χ4v) is 3.86. The number of imide groups is 2. The topological polar surface area (TPSA) is 104 Å². The van der Waals surface area contributed by atoms with E-state index in [-0.39, 0.29) is 37.9 Å². The van der Waals surface area contributed by atoms with Crippen LogP contribution < -0.4 is 0 Å². The quantitative estimate of drug-likeness (QED) is 0.282. The molecule has 0 aliphatic carbocycles. The summed E-state index contributed by atoms with van der Waals surface area (Å²) < 4.78 is 4.85. The second kappa shape index (κ2) is 8.91. The molecule has 0 saturated carbocycles. The Balaban J connectivity index is 1.67. The average molecular weight is 417 g/mol. The second-order valence-corrected chi connectivity index (χ2v) is 7.18. The predicted molar refractivity (Wildman–Crippen MR) is 103 cm³/mol. The summed E-state index contributed by atoms with van der Waals surface area (Å²) in [7, 11) is 0. The molecule has 3 rings (SSSR count). The summed E-state index contributed by atoms with van der Waals surface area (Å²) in [6, 6.07) is 8.13. The van der Waals surface area contributed by atoms with Gasteiger partial charge in [0.2, 0.25) is 5.91 Å². The molecule has 0 N–H and O–H groups in total. The molecule has 2 fully saturated rings. The van der Waals surface area contributed by atoms with Crippen LogP contribution in [0.2, 0.25) is 0 Å². The van der Waals surface area contributed by atoms with Crippen LogP contribution in [0.25, 0.3) is 0 Å². The van der Waals surface area contributed by atoms with Gasteiger partial charge in [0.15, 0.2) is 0 Å². The maximum atomic E-state index is 12.6. The molecule has 9 nitrogen and oxygen atoms in total. The minimum atomic E-state index is -0.929. The number of benzene rings is 1. The third kappa shape index (κ3) is 4.48. The van der Waals surface area contributed by atoms with Gasteiger partial charge in [-0.15, -0.1) is 0 Å². The molecule has 2 aliphatic rings. The van der Waals surface area contributed by atoms with Crippen LogP contribution >= 0.6 is 11.8 Å². The van der Waals surface area contributed by atoms with Crippen molar-refractivity contribution in [3.05, 3.63) is 47.0 Å². The number of nitrogens with zero attached hydrogens (tertiary/aromatic N) is 3. The van der Waals surface area contributed by atoms with Gasteiger partial charge in [-0.25, -0.2) is 9.59 Å². The minimum Gasteiger partial charge on any atom is -0.463 e. The van der Waals surface area contributed by atoms with Gasteiger partial charge in [0.1, 0.15) is 0 Å². The number of ether oxygens (including phenoxy) is 1. The lowest BCUT2D eigenvalue weighted by molar-refractivity contribution is -0.143. The van der Waals surface area contributed by atoms with Crippen molar-refractivity contribution in [3.63, 3.8) is 0 Å². The van der Waals surface area contributed by atoms with Crippen LogP contribution in [0.3, 0.4) is 0 Å². The molecule has 152 valence electrons. The first-order valence-electron chi connectivity index (χ1n) is 8.95. The van der Waals surface area contributed by atoms with Gasteiger partial charge in [0.05, 0.1) is 30.0 Å². The zero-order chi connectivity index (χ0) is 21.0. The third-order valence-corrected chi connectivity index (χ3v) is 5.33. The second-order valence-electron chi connectivity index (χ2n) is 6.18. The van der Waals surface area contributed by atoms with Gasteiger partial charge in [-0.1, -0.05) is 42.1 Å². The van der Waals surface area contributed by atoms with E-state index in [0.29, 0.717) is 5.03 Å². The zero-order valence-corrected chi connectivity index (χ0v) is 16.5. The number of rotatable bonds is 7. The Kier molecular flexibility index (Phi) is 6.32. The molecule has 29 heavy (non-hydrogen) atoms. The van der Waals surface area contributed by atoms with Crippen LogP contribution in [0.1, 0.15) is 12.5 Å². The first kappa shape index (κ1) is 20.6. The normalized spacial score (nSPS) is 18.4. The number of esters is 1. The minimum absolute atomic E-state index is 0.00669. The van der Waals surface area contributed by atoms with E-state index >= 15 is 0 Å². The molecule has 0 bridgehead atoms. The first-order chi connectivity index (χ1) is 13.9. The highest BCUT2D eigenvalue weighted by molar-refractivity contribution is 8.04. The van der Waals surface area contributed by atoms with E-state index in [9.17, 15) is 24.0 Å². The SMILES string of the molecule is CCOC(=O)/C=C1\SCC(=O)N1CCN1C(=O)C(=O)N(Cc2ccccc2)C1=O. The standard InChI is InChI=1S/C19H19N3O6S/c1-2-28-16(24)10-15-20(14(23)12-29-15)8-9-21-17(25)18(26)22(19(21)27)11-13-6-4-3-5-7-13/h3-7,10H,2,8-9,11-12H2,1H3/b15-10-. The zero-order valence-electron chi connectivity index (χ0n) is 15.7. The van der Waals surface area contributed by atoms with Crippen molar-refractivity contribution in [2.45, 2.75) is 13.5 Å². The van der Waals surface area contributed by atoms with E-state index in [4.69, 9.17) is 4.74 Å². The smallest absolute Gasteiger partial charge is 0.334 e. The van der Waals surface area contributed by atoms with E-state index in [2.05, 4.69) is 0 Å². The van der Waals surface area contributed by atoms with Crippen LogP contribution in [0.5, 0.6) is 0 Å². The summed E-state index contributed by atoms with van der Waals surface area (Å²) in [6.07, 6.45) is 1.21. The van der Waals surface area contributed by atoms with Crippen molar-refractivity contribution in [1.29, 1.82) is 0 Å². The van der Waals surface area contributed by atoms with Gasteiger partial charge < -0.3 is 9.64 Å². The van der Waals surface area contributed by atoms with Gasteiger partial charge in [0.25, 0.3) is 0 Å². The molecule has 0 unspecified atom stereocenters. The Hall–Kier alpha value is -3.14. The summed E-state index contributed by atoms with van der Waals surface area (Å²) >= 11 is 1.17. The Bertz CT molecular complexity index is 885. The largest absolute Gasteiger partial charge is 0.463 e. The Morgan fingerprint density at radius 1 is 1.03 bits per heavy atom. The van der Waals surface area contributed by atoms with E-state index in [1.165, 1.54) is 22.7 Å². The Morgan fingerprint density at radius 2 is 1.69 bits per heavy atom. The van der Waals surface area contributed by atoms with Gasteiger partial charge in [-0.2, -0.15) is 0 Å². The van der Waals surface area contributed by atoms with Crippen LogP contribution in [0.15, 0.2) is 41.4 Å². The van der Waals surface area contributed by atoms with Crippen molar-refractivity contribution in [3.8, 4) is 0 Å². The molecule has 2 heterocycles. The summed E-state index contributed by atoms with van der Waals surface area (Å²) in [5, 5.41) is 0.389. The molecule has 1 aromatic rings. The van der Waals surface area contributed by atoms with Gasteiger partial charge >= 0.3 is 23.8 Å². The van der Waals surface area contributed by atoms with E-state index < -0.39 is 23.8 Å². The average Bonchev–Trinajstić information content (AvgIpc) is 3.14. The number of amides is 5. The molecular formula is C19H19N3O6S. The molecule has 0 atom stereocenters. The molecule has 0 spiro atoms. The van der Waals surface area contributed by atoms with Gasteiger partial charge in [-0.3, -0.25) is 24.2 Å². The summed E-state index contributed by atoms with van der Waals surface area (Å²) in [5.74, 6) is -2.51. The number of urea groups is 1. The van der Waals surface area contributed by atoms with E-state index in [1.54, 1.807) is 37.3 Å². The molecular weight excluding hydrogens is 398 g/mol. The van der Waals surface area contributed by atoms with Crippen LogP contribution in [0, 0.1) is 0 Å². The Morgan fingerprint density at radius 3 is 2.38 bits per heavy atom. The highest BCUT2D eigenvalue weighted by Crippen LogP contribution is 2.29. The lowest BCUT2D eigenvalue weighted by Crippen LogP contribution is -2.39. The highest BCUT2D eigenvalue weighted by atomic mass is 32.2. The highest BCUT2D eigenvalue weighted by Gasteiger charge is 2.44. The maximum Gasteiger partial charge on any atom is 0.334 e. The predicted octanol–water partition coefficient (Wildman–Crippen LogP) is 0.957. The van der Waals surface area contributed by atoms with Gasteiger partial charge in [-0.05, 0) is 12.5 Å². The summed E-state index contributed by atoms with van der Waals surface area (Å²) in [4.78, 5) is 63.8. The van der Waals surface area contributed by atoms with Crippen molar-refractivity contribution in [2.24, 2.45) is 0 Å². The number of hydrogen-bond acceptors (Lipinski definition) is 7. The molecule has 0 aromatic heterocycles. The number of thioether (sulfide) groups is 1. The molecule has 10 heteroatoms. The lowest BCUT2D eigenvalue weighted by atomic mass is 10.2. The van der Waals surface area contributed by atoms with Gasteiger partial charge in [0, 0.05) is 13.1 Å². The molecule has 2 aliphatic heterocycles. The molecule has 1 aromatic carbocycles. The molecule has 2 saturated heterocycles. The van der Waals surface area contributed by atoms with Crippen LogP contribution in [-0.2, 0) is 30.5 Å². The molecule has 0 radical (unpaired) electrons.